The van der Waals surface area contributed by atoms with E-state index in [1.54, 1.807) is 34.9 Å². The maximum absolute atomic E-state index is 13.7. The Morgan fingerprint density at radius 2 is 1.72 bits per heavy atom. The molecule has 0 atom stereocenters. The first kappa shape index (κ1) is 23.4. The second kappa shape index (κ2) is 9.47. The van der Waals surface area contributed by atoms with E-state index in [0.29, 0.717) is 11.1 Å². The second-order valence-corrected chi connectivity index (χ2v) is 7.94. The Bertz CT molecular complexity index is 1090. The van der Waals surface area contributed by atoms with Crippen LogP contribution in [0, 0.1) is 0 Å². The average molecular weight is 462 g/mol. The summed E-state index contributed by atoms with van der Waals surface area (Å²) in [6, 6.07) is 10.4. The summed E-state index contributed by atoms with van der Waals surface area (Å²) in [5.74, 6) is -1.67. The molecular weight excluding hydrogens is 441 g/mol. The Balaban J connectivity index is 1.85. The van der Waals surface area contributed by atoms with Gasteiger partial charge in [0, 0.05) is 29.1 Å². The van der Waals surface area contributed by atoms with Crippen molar-refractivity contribution in [1.29, 1.82) is 0 Å². The van der Waals surface area contributed by atoms with E-state index in [4.69, 9.17) is 11.5 Å². The molecule has 0 saturated carbocycles. The van der Waals surface area contributed by atoms with Crippen molar-refractivity contribution in [3.8, 4) is 0 Å². The van der Waals surface area contributed by atoms with Gasteiger partial charge in [-0.1, -0.05) is 12.1 Å². The van der Waals surface area contributed by atoms with Crippen molar-refractivity contribution in [2.45, 2.75) is 17.5 Å². The number of carbonyl (C=O) groups excluding carboxylic acids is 2. The van der Waals surface area contributed by atoms with Crippen molar-refractivity contribution in [2.75, 3.05) is 19.3 Å². The Hall–Kier alpha value is -3.27. The highest BCUT2D eigenvalue weighted by Gasteiger charge is 2.35. The number of hydrogen-bond donors (Lipinski definition) is 2. The van der Waals surface area contributed by atoms with Gasteiger partial charge in [-0.2, -0.15) is 18.2 Å². The molecule has 0 aliphatic carbocycles. The van der Waals surface area contributed by atoms with Crippen molar-refractivity contribution < 1.29 is 22.8 Å². The highest BCUT2D eigenvalue weighted by molar-refractivity contribution is 7.98. The zero-order valence-electron chi connectivity index (χ0n) is 17.1. The fourth-order valence-electron chi connectivity index (χ4n) is 3.39. The van der Waals surface area contributed by atoms with Crippen LogP contribution in [0.5, 0.6) is 0 Å². The van der Waals surface area contributed by atoms with E-state index in [9.17, 15) is 22.8 Å². The highest BCUT2D eigenvalue weighted by Crippen LogP contribution is 2.37. The van der Waals surface area contributed by atoms with Gasteiger partial charge in [0.15, 0.2) is 5.96 Å². The lowest BCUT2D eigenvalue weighted by atomic mass is 9.92. The van der Waals surface area contributed by atoms with Crippen molar-refractivity contribution in [3.63, 3.8) is 0 Å². The van der Waals surface area contributed by atoms with Gasteiger partial charge in [0.2, 0.25) is 0 Å². The lowest BCUT2D eigenvalue weighted by molar-refractivity contribution is -0.137. The predicted octanol–water partition coefficient (Wildman–Crippen LogP) is 3.77. The molecule has 2 aromatic rings. The van der Waals surface area contributed by atoms with Crippen LogP contribution < -0.4 is 11.5 Å². The van der Waals surface area contributed by atoms with Gasteiger partial charge in [-0.05, 0) is 60.2 Å². The number of halogens is 3. The molecule has 2 aromatic carbocycles. The minimum atomic E-state index is -4.68. The zero-order valence-corrected chi connectivity index (χ0v) is 18.0. The number of thioether (sulfide) groups is 1. The van der Waals surface area contributed by atoms with Crippen LogP contribution >= 0.6 is 11.8 Å². The lowest BCUT2D eigenvalue weighted by Crippen LogP contribution is -2.34. The second-order valence-electron chi connectivity index (χ2n) is 7.06. The Labute approximate surface area is 187 Å². The fourth-order valence-corrected chi connectivity index (χ4v) is 3.80. The number of benzene rings is 2. The first-order valence-corrected chi connectivity index (χ1v) is 10.8. The molecule has 0 fully saturated rings. The Morgan fingerprint density at radius 1 is 1.06 bits per heavy atom. The number of nitrogens with two attached hydrogens (primary N) is 2. The molecule has 3 rings (SSSR count). The largest absolute Gasteiger partial charge is 0.417 e. The van der Waals surface area contributed by atoms with E-state index < -0.39 is 23.6 Å². The molecule has 32 heavy (non-hydrogen) atoms. The first-order valence-electron chi connectivity index (χ1n) is 9.58. The molecule has 0 unspecified atom stereocenters. The molecular formula is C22H21F3N4O2S. The highest BCUT2D eigenvalue weighted by atomic mass is 32.2. The maximum Gasteiger partial charge on any atom is 0.417 e. The molecule has 1 heterocycles. The van der Waals surface area contributed by atoms with Gasteiger partial charge in [0.05, 0.1) is 5.56 Å². The van der Waals surface area contributed by atoms with Gasteiger partial charge in [-0.25, -0.2) is 0 Å². The van der Waals surface area contributed by atoms with Crippen molar-refractivity contribution in [3.05, 3.63) is 70.8 Å². The summed E-state index contributed by atoms with van der Waals surface area (Å²) in [5.41, 5.74) is 10.0. The summed E-state index contributed by atoms with van der Waals surface area (Å²) in [4.78, 5) is 30.6. The molecule has 0 saturated heterocycles. The third-order valence-corrected chi connectivity index (χ3v) is 5.73. The van der Waals surface area contributed by atoms with E-state index in [1.807, 2.05) is 18.4 Å². The maximum atomic E-state index is 13.7. The number of rotatable bonds is 4. The number of nitrogens with zero attached hydrogens (tertiary/aromatic N) is 2. The van der Waals surface area contributed by atoms with Gasteiger partial charge < -0.3 is 16.4 Å². The number of amides is 2. The third kappa shape index (κ3) is 5.31. The number of aliphatic imine (C=N–C) groups is 1. The van der Waals surface area contributed by atoms with Gasteiger partial charge in [-0.3, -0.25) is 9.59 Å². The molecule has 10 heteroatoms. The van der Waals surface area contributed by atoms with Gasteiger partial charge in [0.25, 0.3) is 11.8 Å². The van der Waals surface area contributed by atoms with Gasteiger partial charge in [0.1, 0.15) is 0 Å². The van der Waals surface area contributed by atoms with E-state index in [0.717, 1.165) is 11.0 Å². The van der Waals surface area contributed by atoms with Crippen LogP contribution in [0.3, 0.4) is 0 Å². The smallest absolute Gasteiger partial charge is 0.370 e. The number of guanidine groups is 1. The molecule has 1 aliphatic heterocycles. The number of alkyl halides is 3. The summed E-state index contributed by atoms with van der Waals surface area (Å²) in [6.07, 6.45) is -0.887. The van der Waals surface area contributed by atoms with Crippen LogP contribution in [-0.2, 0) is 6.18 Å². The summed E-state index contributed by atoms with van der Waals surface area (Å²) in [5, 5.41) is 0. The van der Waals surface area contributed by atoms with Crippen LogP contribution in [0.2, 0.25) is 0 Å². The molecule has 0 spiro atoms. The van der Waals surface area contributed by atoms with Crippen LogP contribution in [0.15, 0.2) is 58.4 Å². The van der Waals surface area contributed by atoms with Crippen LogP contribution in [0.4, 0.5) is 13.2 Å². The monoisotopic (exact) mass is 462 g/mol. The summed E-state index contributed by atoms with van der Waals surface area (Å²) < 4.78 is 41.1. The molecule has 0 radical (unpaired) electrons. The molecule has 6 nitrogen and oxygen atoms in total. The normalized spacial score (nSPS) is 14.0. The van der Waals surface area contributed by atoms with Crippen LogP contribution in [0.25, 0.3) is 5.57 Å². The van der Waals surface area contributed by atoms with Crippen molar-refractivity contribution in [1.82, 2.24) is 4.90 Å². The quantitative estimate of drug-likeness (QED) is 0.409. The molecule has 2 amide bonds. The van der Waals surface area contributed by atoms with Gasteiger partial charge >= 0.3 is 6.18 Å². The zero-order chi connectivity index (χ0) is 23.5. The fraction of sp³-hybridized carbons (Fsp3) is 0.227. The SMILES string of the molecule is CSc1ccc(C(=O)N2CC=C(c3ccc(C(=O)N=C(N)N)cc3C(F)(F)F)CC2)cc1. The molecule has 0 aromatic heterocycles. The Morgan fingerprint density at radius 3 is 2.25 bits per heavy atom. The third-order valence-electron chi connectivity index (χ3n) is 4.98. The van der Waals surface area contributed by atoms with E-state index in [1.165, 1.54) is 12.1 Å². The molecule has 1 aliphatic rings. The molecule has 4 N–H and O–H groups in total. The summed E-state index contributed by atoms with van der Waals surface area (Å²) in [6.45, 7) is 0.464. The lowest BCUT2D eigenvalue weighted by Gasteiger charge is -2.28. The van der Waals surface area contributed by atoms with Crippen molar-refractivity contribution in [2.24, 2.45) is 16.5 Å². The van der Waals surface area contributed by atoms with Crippen LogP contribution in [0.1, 0.15) is 38.3 Å². The molecule has 168 valence electrons. The summed E-state index contributed by atoms with van der Waals surface area (Å²) >= 11 is 1.56. The van der Waals surface area contributed by atoms with Crippen molar-refractivity contribution >= 4 is 35.1 Å². The Kier molecular flexibility index (Phi) is 6.93. The van der Waals surface area contributed by atoms with Gasteiger partial charge in [-0.15, -0.1) is 11.8 Å². The standard InChI is InChI=1S/C22H21F3N4O2S/c1-32-16-5-2-14(3-6-16)20(31)29-10-8-13(9-11-29)17-7-4-15(19(30)28-21(26)27)12-18(17)22(23,24)25/h2-8,12H,9-11H2,1H3,(H4,26,27,28,30). The minimum Gasteiger partial charge on any atom is -0.370 e. The average Bonchev–Trinajstić information content (AvgIpc) is 2.77. The molecule has 0 bridgehead atoms. The number of hydrogen-bond acceptors (Lipinski definition) is 3. The van der Waals surface area contributed by atoms with E-state index >= 15 is 0 Å². The number of carbonyl (C=O) groups is 2. The first-order chi connectivity index (χ1) is 15.1. The topological polar surface area (TPSA) is 102 Å². The summed E-state index contributed by atoms with van der Waals surface area (Å²) in [7, 11) is 0. The predicted molar refractivity (Wildman–Crippen MR) is 118 cm³/mol. The van der Waals surface area contributed by atoms with E-state index in [-0.39, 0.29) is 36.5 Å². The minimum absolute atomic E-state index is 0.0322. The van der Waals surface area contributed by atoms with E-state index in [2.05, 4.69) is 4.99 Å². The van der Waals surface area contributed by atoms with Crippen LogP contribution in [-0.4, -0.2) is 42.0 Å².